The average Bonchev–Trinajstić information content (AvgIpc) is 2.63. The van der Waals surface area contributed by atoms with Crippen molar-refractivity contribution in [2.24, 2.45) is 0 Å². The normalized spacial score (nSPS) is 18.8. The number of pyridine rings is 1. The van der Waals surface area contributed by atoms with Crippen molar-refractivity contribution >= 4 is 16.7 Å². The maximum Gasteiger partial charge on any atom is 0.142 e. The third kappa shape index (κ3) is 4.09. The molecule has 1 unspecified atom stereocenters. The van der Waals surface area contributed by atoms with Crippen molar-refractivity contribution in [3.8, 4) is 0 Å². The second-order valence-electron chi connectivity index (χ2n) is 6.06. The number of aryl methyl sites for hydroxylation is 2. The molecule has 138 valence electrons. The monoisotopic (exact) mass is 344 g/mol. The Morgan fingerprint density at radius 2 is 1.80 bits per heavy atom. The summed E-state index contributed by atoms with van der Waals surface area (Å²) in [6.45, 7) is 14.4. The van der Waals surface area contributed by atoms with E-state index in [9.17, 15) is 0 Å². The molecule has 25 heavy (non-hydrogen) atoms. The van der Waals surface area contributed by atoms with Crippen molar-refractivity contribution in [3.05, 3.63) is 23.3 Å². The summed E-state index contributed by atoms with van der Waals surface area (Å²) in [5.41, 5.74) is 2.96. The Kier molecular flexibility index (Phi) is 7.12. The van der Waals surface area contributed by atoms with Crippen LogP contribution in [-0.4, -0.2) is 34.1 Å². The highest BCUT2D eigenvalue weighted by Gasteiger charge is 2.29. The van der Waals surface area contributed by atoms with E-state index in [1.54, 1.807) is 0 Å². The highest BCUT2D eigenvalue weighted by atomic mass is 16.5. The van der Waals surface area contributed by atoms with Crippen LogP contribution in [0.5, 0.6) is 0 Å². The maximum absolute atomic E-state index is 5.92. The van der Waals surface area contributed by atoms with Crippen LogP contribution in [-0.2, 0) is 11.3 Å². The van der Waals surface area contributed by atoms with Crippen molar-refractivity contribution in [2.45, 2.75) is 73.5 Å². The highest BCUT2D eigenvalue weighted by Crippen LogP contribution is 2.33. The van der Waals surface area contributed by atoms with Gasteiger partial charge in [0.25, 0.3) is 0 Å². The quantitative estimate of drug-likeness (QED) is 0.700. The van der Waals surface area contributed by atoms with Crippen molar-refractivity contribution in [3.63, 3.8) is 0 Å². The third-order valence-electron chi connectivity index (χ3n) is 4.42. The Labute approximate surface area is 151 Å². The fraction of sp³-hybridized carbons (Fsp3) is 0.650. The minimum absolute atomic E-state index is 0.436. The first-order valence-corrected chi connectivity index (χ1v) is 9.71. The van der Waals surface area contributed by atoms with Gasteiger partial charge in [-0.3, -0.25) is 4.98 Å². The zero-order chi connectivity index (χ0) is 18.4. The molecule has 0 aliphatic carbocycles. The van der Waals surface area contributed by atoms with Crippen LogP contribution in [0.2, 0.25) is 0 Å². The molecule has 2 aliphatic rings. The summed E-state index contributed by atoms with van der Waals surface area (Å²) < 4.78 is 5.92. The summed E-state index contributed by atoms with van der Waals surface area (Å²) in [7, 11) is 0. The van der Waals surface area contributed by atoms with Crippen molar-refractivity contribution in [1.82, 2.24) is 15.0 Å². The lowest BCUT2D eigenvalue weighted by Crippen LogP contribution is -2.44. The predicted octanol–water partition coefficient (Wildman–Crippen LogP) is 4.58. The van der Waals surface area contributed by atoms with Gasteiger partial charge in [-0.25, -0.2) is 9.97 Å². The molecule has 2 aliphatic heterocycles. The van der Waals surface area contributed by atoms with Gasteiger partial charge in [0.2, 0.25) is 0 Å². The summed E-state index contributed by atoms with van der Waals surface area (Å²) in [4.78, 5) is 16.5. The number of hydrogen-bond acceptors (Lipinski definition) is 5. The van der Waals surface area contributed by atoms with E-state index in [2.05, 4.69) is 20.9 Å². The van der Waals surface area contributed by atoms with E-state index < -0.39 is 0 Å². The van der Waals surface area contributed by atoms with Gasteiger partial charge in [-0.05, 0) is 39.2 Å². The molecule has 4 rings (SSSR count). The van der Waals surface area contributed by atoms with Gasteiger partial charge in [-0.1, -0.05) is 27.7 Å². The van der Waals surface area contributed by atoms with E-state index in [-0.39, 0.29) is 0 Å². The fourth-order valence-electron chi connectivity index (χ4n) is 3.52. The van der Waals surface area contributed by atoms with Gasteiger partial charge >= 0.3 is 0 Å². The number of ether oxygens (including phenoxy) is 1. The first kappa shape index (κ1) is 19.6. The predicted molar refractivity (Wildman–Crippen MR) is 104 cm³/mol. The molecule has 0 spiro atoms. The highest BCUT2D eigenvalue weighted by molar-refractivity contribution is 5.92. The Balaban J connectivity index is 0.000000528. The van der Waals surface area contributed by atoms with Gasteiger partial charge in [0.1, 0.15) is 11.6 Å². The minimum atomic E-state index is 0.436. The molecule has 2 aromatic rings. The molecule has 5 heteroatoms. The summed E-state index contributed by atoms with van der Waals surface area (Å²) in [6, 6.07) is 2.49. The number of hydrogen-bond donors (Lipinski definition) is 0. The molecule has 0 aromatic carbocycles. The molecular weight excluding hydrogens is 312 g/mol. The summed E-state index contributed by atoms with van der Waals surface area (Å²) in [5.74, 6) is 1.90. The zero-order valence-corrected chi connectivity index (χ0v) is 16.6. The fourth-order valence-corrected chi connectivity index (χ4v) is 3.52. The molecule has 4 heterocycles. The zero-order valence-electron chi connectivity index (χ0n) is 16.6. The van der Waals surface area contributed by atoms with Gasteiger partial charge < -0.3 is 9.64 Å². The van der Waals surface area contributed by atoms with E-state index in [1.807, 2.05) is 41.5 Å². The smallest absolute Gasteiger partial charge is 0.142 e. The SMILES string of the molecule is CC.CC.Cc1cc2nc(C)nc3c2c(n1)COCC1CCCCN31. The molecule has 2 aromatic heterocycles. The Morgan fingerprint density at radius 1 is 1.04 bits per heavy atom. The van der Waals surface area contributed by atoms with Gasteiger partial charge in [0.15, 0.2) is 0 Å². The lowest BCUT2D eigenvalue weighted by molar-refractivity contribution is 0.0962. The van der Waals surface area contributed by atoms with Gasteiger partial charge in [0.05, 0.1) is 35.9 Å². The number of anilines is 1. The van der Waals surface area contributed by atoms with E-state index >= 15 is 0 Å². The molecule has 5 nitrogen and oxygen atoms in total. The minimum Gasteiger partial charge on any atom is -0.373 e. The van der Waals surface area contributed by atoms with E-state index in [0.29, 0.717) is 12.6 Å². The molecule has 0 saturated carbocycles. The summed E-state index contributed by atoms with van der Waals surface area (Å²) >= 11 is 0. The van der Waals surface area contributed by atoms with E-state index in [0.717, 1.165) is 47.1 Å². The topological polar surface area (TPSA) is 51.1 Å². The van der Waals surface area contributed by atoms with Crippen LogP contribution < -0.4 is 4.90 Å². The first-order chi connectivity index (χ1) is 12.2. The number of rotatable bonds is 0. The number of piperidine rings is 1. The summed E-state index contributed by atoms with van der Waals surface area (Å²) in [5, 5.41) is 1.08. The summed E-state index contributed by atoms with van der Waals surface area (Å²) in [6.07, 6.45) is 3.67. The number of fused-ring (bicyclic) bond motifs is 2. The molecule has 1 fully saturated rings. The van der Waals surface area contributed by atoms with E-state index in [1.165, 1.54) is 19.3 Å². The van der Waals surface area contributed by atoms with Crippen LogP contribution in [0.4, 0.5) is 5.82 Å². The number of nitrogens with zero attached hydrogens (tertiary/aromatic N) is 4. The van der Waals surface area contributed by atoms with Crippen molar-refractivity contribution < 1.29 is 4.74 Å². The Bertz CT molecular complexity index is 696. The molecule has 1 atom stereocenters. The van der Waals surface area contributed by atoms with Gasteiger partial charge in [0, 0.05) is 12.2 Å². The van der Waals surface area contributed by atoms with Crippen LogP contribution in [0.1, 0.15) is 64.2 Å². The molecule has 0 bridgehead atoms. The molecule has 1 saturated heterocycles. The standard InChI is InChI=1S/C16H20N4O.2C2H6/c1-10-7-13-15-14(17-10)9-21-8-12-5-3-4-6-20(12)16(15)19-11(2)18-13;2*1-2/h7,12H,3-6,8-9H2,1-2H3;2*1-2H3. The lowest BCUT2D eigenvalue weighted by atomic mass is 10.0. The maximum atomic E-state index is 5.92. The van der Waals surface area contributed by atoms with Gasteiger partial charge in [-0.2, -0.15) is 0 Å². The van der Waals surface area contributed by atoms with Crippen LogP contribution in [0.25, 0.3) is 10.9 Å². The molecule has 0 radical (unpaired) electrons. The van der Waals surface area contributed by atoms with Crippen LogP contribution in [0, 0.1) is 13.8 Å². The van der Waals surface area contributed by atoms with E-state index in [4.69, 9.17) is 9.72 Å². The first-order valence-electron chi connectivity index (χ1n) is 9.71. The van der Waals surface area contributed by atoms with Crippen molar-refractivity contribution in [2.75, 3.05) is 18.1 Å². The van der Waals surface area contributed by atoms with Crippen molar-refractivity contribution in [1.29, 1.82) is 0 Å². The molecule has 0 N–H and O–H groups in total. The number of aromatic nitrogens is 3. The van der Waals surface area contributed by atoms with Crippen LogP contribution >= 0.6 is 0 Å². The second kappa shape index (κ2) is 9.09. The van der Waals surface area contributed by atoms with Gasteiger partial charge in [-0.15, -0.1) is 0 Å². The Morgan fingerprint density at radius 3 is 2.56 bits per heavy atom. The lowest BCUT2D eigenvalue weighted by Gasteiger charge is -2.38. The van der Waals surface area contributed by atoms with Crippen LogP contribution in [0.3, 0.4) is 0 Å². The largest absolute Gasteiger partial charge is 0.373 e. The average molecular weight is 345 g/mol. The van der Waals surface area contributed by atoms with Crippen LogP contribution in [0.15, 0.2) is 6.07 Å². The molecular formula is C20H32N4O. The molecule has 0 amide bonds. The third-order valence-corrected chi connectivity index (χ3v) is 4.42. The Hall–Kier alpha value is -1.75. The second-order valence-corrected chi connectivity index (χ2v) is 6.06.